The van der Waals surface area contributed by atoms with Crippen LogP contribution in [0, 0.1) is 6.92 Å². The lowest BCUT2D eigenvalue weighted by atomic mass is 9.89. The molecule has 0 aromatic heterocycles. The van der Waals surface area contributed by atoms with Crippen molar-refractivity contribution in [2.45, 2.75) is 39.7 Å². The van der Waals surface area contributed by atoms with Gasteiger partial charge >= 0.3 is 11.9 Å². The minimum Gasteiger partial charge on any atom is -0.481 e. The smallest absolute Gasteiger partial charge is 0.341 e. The molecule has 1 aliphatic heterocycles. The van der Waals surface area contributed by atoms with Gasteiger partial charge in [0.05, 0.1) is 11.3 Å². The monoisotopic (exact) mass is 341 g/mol. The summed E-state index contributed by atoms with van der Waals surface area (Å²) in [6, 6.07) is 0. The number of allylic oxidation sites excluding steroid dienone is 2. The number of carboxylic acid groups (broad SMARTS) is 1. The van der Waals surface area contributed by atoms with Crippen LogP contribution < -0.4 is 0 Å². The molecule has 0 saturated carbocycles. The van der Waals surface area contributed by atoms with E-state index >= 15 is 0 Å². The number of esters is 1. The number of hydrogen-bond acceptors (Lipinski definition) is 5. The fourth-order valence-electron chi connectivity index (χ4n) is 2.94. The van der Waals surface area contributed by atoms with Crippen LogP contribution in [0.25, 0.3) is 6.08 Å². The van der Waals surface area contributed by atoms with Crippen LogP contribution in [0.1, 0.15) is 52.4 Å². The summed E-state index contributed by atoms with van der Waals surface area (Å²) in [6.45, 7) is 7.68. The highest BCUT2D eigenvalue weighted by Gasteiger charge is 2.30. The highest BCUT2D eigenvalue weighted by Crippen LogP contribution is 2.39. The first-order chi connectivity index (χ1) is 11.9. The van der Waals surface area contributed by atoms with Crippen LogP contribution in [-0.2, 0) is 27.4 Å². The van der Waals surface area contributed by atoms with Crippen molar-refractivity contribution in [3.05, 3.63) is 46.0 Å². The maximum absolute atomic E-state index is 12.1. The van der Waals surface area contributed by atoms with Crippen molar-refractivity contribution in [2.75, 3.05) is 0 Å². The number of hydrogen-bond donors (Lipinski definition) is 1. The Hall–Kier alpha value is -2.98. The predicted octanol–water partition coefficient (Wildman–Crippen LogP) is 3.63. The molecule has 1 heterocycles. The average Bonchev–Trinajstić information content (AvgIpc) is 2.96. The van der Waals surface area contributed by atoms with Gasteiger partial charge in [-0.2, -0.15) is 4.99 Å². The third-order valence-electron chi connectivity index (χ3n) is 4.31. The zero-order valence-corrected chi connectivity index (χ0v) is 14.2. The molecule has 25 heavy (non-hydrogen) atoms. The number of carbonyl (C=O) groups is 2. The number of aliphatic carboxylic acids is 1. The number of rotatable bonds is 7. The van der Waals surface area contributed by atoms with E-state index in [1.807, 2.05) is 19.9 Å². The van der Waals surface area contributed by atoms with Gasteiger partial charge in [0, 0.05) is 12.0 Å². The van der Waals surface area contributed by atoms with Crippen molar-refractivity contribution in [1.82, 2.24) is 0 Å². The van der Waals surface area contributed by atoms with E-state index in [0.717, 1.165) is 16.7 Å². The van der Waals surface area contributed by atoms with E-state index in [1.54, 1.807) is 6.08 Å². The number of fused-ring (bicyclic) bond motifs is 1. The van der Waals surface area contributed by atoms with Crippen molar-refractivity contribution in [1.29, 1.82) is 0 Å². The molecule has 0 unspecified atom stereocenters. The minimum absolute atomic E-state index is 0.0472. The van der Waals surface area contributed by atoms with Gasteiger partial charge in [-0.05, 0) is 43.4 Å². The summed E-state index contributed by atoms with van der Waals surface area (Å²) in [7, 11) is 0. The largest absolute Gasteiger partial charge is 0.481 e. The first kappa shape index (κ1) is 18.4. The Morgan fingerprint density at radius 3 is 2.76 bits per heavy atom. The molecule has 0 saturated heterocycles. The van der Waals surface area contributed by atoms with E-state index in [2.05, 4.69) is 11.6 Å². The summed E-state index contributed by atoms with van der Waals surface area (Å²) >= 11 is 0. The molecule has 1 aromatic rings. The van der Waals surface area contributed by atoms with E-state index in [1.165, 1.54) is 6.08 Å². The number of isocyanates is 1. The first-order valence-corrected chi connectivity index (χ1v) is 7.83. The molecule has 0 radical (unpaired) electrons. The minimum atomic E-state index is -0.859. The molecule has 130 valence electrons. The maximum Gasteiger partial charge on any atom is 0.341 e. The number of benzene rings is 1. The zero-order valence-electron chi connectivity index (χ0n) is 14.2. The molecule has 6 heteroatoms. The van der Waals surface area contributed by atoms with E-state index in [4.69, 9.17) is 9.84 Å². The van der Waals surface area contributed by atoms with Crippen molar-refractivity contribution in [3.8, 4) is 0 Å². The molecule has 0 spiro atoms. The Balaban J connectivity index is 2.54. The highest BCUT2D eigenvalue weighted by molar-refractivity contribution is 6.01. The fraction of sp³-hybridized carbons (Fsp3) is 0.316. The van der Waals surface area contributed by atoms with Crippen LogP contribution in [0.2, 0.25) is 0 Å². The first-order valence-electron chi connectivity index (χ1n) is 7.83. The second kappa shape index (κ2) is 7.73. The van der Waals surface area contributed by atoms with Gasteiger partial charge in [-0.25, -0.2) is 9.59 Å². The fourth-order valence-corrected chi connectivity index (χ4v) is 2.94. The Labute approximate surface area is 145 Å². The van der Waals surface area contributed by atoms with Crippen molar-refractivity contribution in [2.24, 2.45) is 4.99 Å². The molecular formula is C19H19NO5. The molecule has 6 nitrogen and oxygen atoms in total. The van der Waals surface area contributed by atoms with Gasteiger partial charge < -0.3 is 9.84 Å². The quantitative estimate of drug-likeness (QED) is 0.354. The lowest BCUT2D eigenvalue weighted by Gasteiger charge is -2.15. The predicted molar refractivity (Wildman–Crippen MR) is 92.5 cm³/mol. The Kier molecular flexibility index (Phi) is 5.67. The number of nitrogens with zero attached hydrogens (tertiary/aromatic N) is 1. The van der Waals surface area contributed by atoms with Gasteiger partial charge in [0.2, 0.25) is 6.08 Å². The number of ether oxygens (including phenoxy) is 1. The number of aliphatic imine (C=N–C) groups is 1. The lowest BCUT2D eigenvalue weighted by molar-refractivity contribution is -0.136. The molecule has 0 bridgehead atoms. The van der Waals surface area contributed by atoms with Crippen LogP contribution >= 0.6 is 0 Å². The summed E-state index contributed by atoms with van der Waals surface area (Å²) in [6.07, 6.45) is 5.92. The summed E-state index contributed by atoms with van der Waals surface area (Å²) in [4.78, 5) is 37.4. The van der Waals surface area contributed by atoms with Crippen molar-refractivity contribution in [3.63, 3.8) is 0 Å². The molecule has 0 atom stereocenters. The van der Waals surface area contributed by atoms with E-state index in [-0.39, 0.29) is 18.7 Å². The molecule has 0 amide bonds. The van der Waals surface area contributed by atoms with Crippen LogP contribution in [0.3, 0.4) is 0 Å². The summed E-state index contributed by atoms with van der Waals surface area (Å²) in [5.41, 5.74) is 4.53. The Morgan fingerprint density at radius 1 is 1.44 bits per heavy atom. The summed E-state index contributed by atoms with van der Waals surface area (Å²) in [5.74, 6) is -1.36. The molecule has 1 N–H and O–H groups in total. The number of carbonyl (C=O) groups excluding carboxylic acids is 2. The molecule has 0 fully saturated rings. The Bertz CT molecular complexity index is 829. The second-order valence-corrected chi connectivity index (χ2v) is 5.85. The molecule has 1 aromatic carbocycles. The zero-order chi connectivity index (χ0) is 18.6. The van der Waals surface area contributed by atoms with E-state index in [9.17, 15) is 14.4 Å². The van der Waals surface area contributed by atoms with Crippen LogP contribution in [0.4, 0.5) is 5.69 Å². The second-order valence-electron chi connectivity index (χ2n) is 5.85. The van der Waals surface area contributed by atoms with Gasteiger partial charge in [0.25, 0.3) is 0 Å². The van der Waals surface area contributed by atoms with Crippen molar-refractivity contribution >= 4 is 29.8 Å². The molecule has 1 aliphatic rings. The number of carboxylic acids is 1. The standard InChI is InChI=1S/C19H19NO5/c1-4-13-12(3)15-9-25-19(24)17(15)18(20-10-21)14(13)7-5-11(2)6-8-16(22)23/h4-5H,1,6-9H2,2-3H3,(H,22,23). The van der Waals surface area contributed by atoms with Gasteiger partial charge in [-0.3, -0.25) is 4.79 Å². The highest BCUT2D eigenvalue weighted by atomic mass is 16.5. The van der Waals surface area contributed by atoms with Gasteiger partial charge in [0.15, 0.2) is 0 Å². The topological polar surface area (TPSA) is 93.0 Å². The summed E-state index contributed by atoms with van der Waals surface area (Å²) < 4.78 is 5.09. The molecule has 2 rings (SSSR count). The summed E-state index contributed by atoms with van der Waals surface area (Å²) in [5, 5.41) is 8.77. The third kappa shape index (κ3) is 3.75. The van der Waals surface area contributed by atoms with Gasteiger partial charge in [-0.1, -0.05) is 24.3 Å². The normalized spacial score (nSPS) is 13.0. The third-order valence-corrected chi connectivity index (χ3v) is 4.31. The molecular weight excluding hydrogens is 322 g/mol. The average molecular weight is 341 g/mol. The number of cyclic esters (lactones) is 1. The van der Waals surface area contributed by atoms with Gasteiger partial charge in [-0.15, -0.1) is 0 Å². The van der Waals surface area contributed by atoms with E-state index in [0.29, 0.717) is 29.5 Å². The van der Waals surface area contributed by atoms with Crippen molar-refractivity contribution < 1.29 is 24.2 Å². The van der Waals surface area contributed by atoms with Crippen LogP contribution in [-0.4, -0.2) is 23.1 Å². The maximum atomic E-state index is 12.1. The molecule has 0 aliphatic carbocycles. The van der Waals surface area contributed by atoms with Crippen LogP contribution in [0.15, 0.2) is 23.2 Å². The van der Waals surface area contributed by atoms with Gasteiger partial charge in [0.1, 0.15) is 6.61 Å². The van der Waals surface area contributed by atoms with Crippen LogP contribution in [0.5, 0.6) is 0 Å². The SMILES string of the molecule is C=Cc1c(C)c2c(c(N=C=O)c1CC=C(C)CCC(=O)O)C(=O)OC2. The van der Waals surface area contributed by atoms with E-state index < -0.39 is 11.9 Å². The lowest BCUT2D eigenvalue weighted by Crippen LogP contribution is -2.03. The Morgan fingerprint density at radius 2 is 2.16 bits per heavy atom.